The van der Waals surface area contributed by atoms with Crippen LogP contribution in [0.2, 0.25) is 0 Å². The monoisotopic (exact) mass is 269 g/mol. The second-order valence-corrected chi connectivity index (χ2v) is 4.83. The molecule has 1 unspecified atom stereocenters. The highest BCUT2D eigenvalue weighted by atomic mass is 16.3. The zero-order valence-corrected chi connectivity index (χ0v) is 11.5. The van der Waals surface area contributed by atoms with Crippen molar-refractivity contribution in [3.05, 3.63) is 71.8 Å². The Morgan fingerprint density at radius 3 is 2.05 bits per heavy atom. The van der Waals surface area contributed by atoms with Crippen LogP contribution in [0.25, 0.3) is 0 Å². The fourth-order valence-electron chi connectivity index (χ4n) is 2.09. The van der Waals surface area contributed by atoms with E-state index in [-0.39, 0.29) is 18.4 Å². The van der Waals surface area contributed by atoms with Crippen LogP contribution < -0.4 is 5.32 Å². The molecule has 104 valence electrons. The van der Waals surface area contributed by atoms with Crippen LogP contribution in [0.4, 0.5) is 0 Å². The number of rotatable bonds is 5. The number of carbonyl (C=O) groups is 1. The van der Waals surface area contributed by atoms with Gasteiger partial charge >= 0.3 is 0 Å². The molecule has 3 nitrogen and oxygen atoms in total. The number of aliphatic hydroxyl groups excluding tert-OH is 1. The third kappa shape index (κ3) is 3.93. The molecule has 0 aromatic heterocycles. The molecule has 20 heavy (non-hydrogen) atoms. The first-order chi connectivity index (χ1) is 9.66. The summed E-state index contributed by atoms with van der Waals surface area (Å²) < 4.78 is 0. The number of carbonyl (C=O) groups excluding carboxylic acids is 1. The largest absolute Gasteiger partial charge is 0.388 e. The normalized spacial score (nSPS) is 13.5. The summed E-state index contributed by atoms with van der Waals surface area (Å²) in [7, 11) is 0. The van der Waals surface area contributed by atoms with E-state index in [4.69, 9.17) is 0 Å². The molecule has 2 atom stereocenters. The van der Waals surface area contributed by atoms with Gasteiger partial charge in [-0.25, -0.2) is 0 Å². The maximum Gasteiger partial charge on any atom is 0.223 e. The minimum absolute atomic E-state index is 0.0633. The smallest absolute Gasteiger partial charge is 0.223 e. The summed E-state index contributed by atoms with van der Waals surface area (Å²) in [5, 5.41) is 12.9. The van der Waals surface area contributed by atoms with Crippen molar-refractivity contribution in [3.63, 3.8) is 0 Å². The van der Waals surface area contributed by atoms with Gasteiger partial charge in [-0.3, -0.25) is 4.79 Å². The molecule has 0 aliphatic carbocycles. The summed E-state index contributed by atoms with van der Waals surface area (Å²) in [6, 6.07) is 18.9. The minimum atomic E-state index is -0.765. The van der Waals surface area contributed by atoms with E-state index in [0.29, 0.717) is 0 Å². The molecule has 0 aliphatic heterocycles. The molecule has 0 saturated heterocycles. The summed E-state index contributed by atoms with van der Waals surface area (Å²) >= 11 is 0. The van der Waals surface area contributed by atoms with Crippen molar-refractivity contribution in [2.24, 2.45) is 0 Å². The second kappa shape index (κ2) is 6.87. The Morgan fingerprint density at radius 1 is 1.00 bits per heavy atom. The van der Waals surface area contributed by atoms with Crippen molar-refractivity contribution in [2.45, 2.75) is 25.5 Å². The summed E-state index contributed by atoms with van der Waals surface area (Å²) in [4.78, 5) is 11.9. The first-order valence-electron chi connectivity index (χ1n) is 6.74. The average molecular weight is 269 g/mol. The van der Waals surface area contributed by atoms with Crippen molar-refractivity contribution in [1.29, 1.82) is 0 Å². The van der Waals surface area contributed by atoms with Gasteiger partial charge in [0.25, 0.3) is 0 Å². The lowest BCUT2D eigenvalue weighted by molar-refractivity contribution is -0.123. The van der Waals surface area contributed by atoms with Gasteiger partial charge in [0.1, 0.15) is 0 Å². The zero-order valence-electron chi connectivity index (χ0n) is 11.5. The van der Waals surface area contributed by atoms with Crippen LogP contribution in [0, 0.1) is 0 Å². The van der Waals surface area contributed by atoms with Crippen LogP contribution in [0.5, 0.6) is 0 Å². The lowest BCUT2D eigenvalue weighted by Crippen LogP contribution is -2.27. The average Bonchev–Trinajstić information content (AvgIpc) is 2.49. The van der Waals surface area contributed by atoms with Gasteiger partial charge in [0.05, 0.1) is 18.6 Å². The first kappa shape index (κ1) is 14.3. The van der Waals surface area contributed by atoms with Gasteiger partial charge in [-0.2, -0.15) is 0 Å². The maximum absolute atomic E-state index is 11.9. The molecule has 0 radical (unpaired) electrons. The predicted molar refractivity (Wildman–Crippen MR) is 79.0 cm³/mol. The van der Waals surface area contributed by atoms with Gasteiger partial charge < -0.3 is 10.4 Å². The van der Waals surface area contributed by atoms with Crippen LogP contribution >= 0.6 is 0 Å². The zero-order chi connectivity index (χ0) is 14.4. The van der Waals surface area contributed by atoms with E-state index < -0.39 is 6.10 Å². The van der Waals surface area contributed by atoms with Crippen LogP contribution in [0.3, 0.4) is 0 Å². The van der Waals surface area contributed by atoms with Gasteiger partial charge in [0.15, 0.2) is 0 Å². The Hall–Kier alpha value is -2.13. The number of hydrogen-bond acceptors (Lipinski definition) is 2. The molecule has 2 N–H and O–H groups in total. The van der Waals surface area contributed by atoms with Crippen molar-refractivity contribution < 1.29 is 9.90 Å². The van der Waals surface area contributed by atoms with E-state index in [9.17, 15) is 9.90 Å². The Morgan fingerprint density at radius 2 is 1.50 bits per heavy atom. The van der Waals surface area contributed by atoms with Gasteiger partial charge in [-0.15, -0.1) is 0 Å². The summed E-state index contributed by atoms with van der Waals surface area (Å²) in [6.45, 7) is 1.93. The van der Waals surface area contributed by atoms with Crippen molar-refractivity contribution in [3.8, 4) is 0 Å². The van der Waals surface area contributed by atoms with E-state index in [1.807, 2.05) is 67.6 Å². The molecule has 0 heterocycles. The Kier molecular flexibility index (Phi) is 4.91. The SMILES string of the molecule is C[C@H](NC(=O)CC(O)c1ccccc1)c1ccccc1. The van der Waals surface area contributed by atoms with Crippen molar-refractivity contribution in [2.75, 3.05) is 0 Å². The molecule has 2 rings (SSSR count). The summed E-state index contributed by atoms with van der Waals surface area (Å²) in [5.74, 6) is -0.155. The van der Waals surface area contributed by atoms with Crippen LogP contribution in [0.15, 0.2) is 60.7 Å². The van der Waals surface area contributed by atoms with Gasteiger partial charge in [0.2, 0.25) is 5.91 Å². The number of hydrogen-bond donors (Lipinski definition) is 2. The van der Waals surface area contributed by atoms with Crippen LogP contribution in [-0.2, 0) is 4.79 Å². The maximum atomic E-state index is 11.9. The molecular formula is C17H19NO2. The van der Waals surface area contributed by atoms with Gasteiger partial charge in [0, 0.05) is 0 Å². The van der Waals surface area contributed by atoms with Gasteiger partial charge in [-0.05, 0) is 18.1 Å². The number of benzene rings is 2. The first-order valence-corrected chi connectivity index (χ1v) is 6.74. The molecule has 2 aromatic carbocycles. The molecule has 1 amide bonds. The quantitative estimate of drug-likeness (QED) is 0.876. The van der Waals surface area contributed by atoms with E-state index in [1.165, 1.54) is 0 Å². The Bertz CT molecular complexity index is 490. The fourth-order valence-corrected chi connectivity index (χ4v) is 2.09. The van der Waals surface area contributed by atoms with E-state index >= 15 is 0 Å². The molecule has 0 bridgehead atoms. The highest BCUT2D eigenvalue weighted by molar-refractivity contribution is 5.77. The second-order valence-electron chi connectivity index (χ2n) is 4.83. The van der Waals surface area contributed by atoms with Crippen molar-refractivity contribution in [1.82, 2.24) is 5.32 Å². The third-order valence-corrected chi connectivity index (χ3v) is 3.24. The highest BCUT2D eigenvalue weighted by Crippen LogP contribution is 2.17. The lowest BCUT2D eigenvalue weighted by atomic mass is 10.1. The van der Waals surface area contributed by atoms with E-state index in [0.717, 1.165) is 11.1 Å². The standard InChI is InChI=1S/C17H19NO2/c1-13(14-8-4-2-5-9-14)18-17(20)12-16(19)15-10-6-3-7-11-15/h2-11,13,16,19H,12H2,1H3,(H,18,20)/t13-,16?/m0/s1. The number of amides is 1. The Labute approximate surface area is 119 Å². The summed E-state index contributed by atoms with van der Waals surface area (Å²) in [5.41, 5.74) is 1.81. The topological polar surface area (TPSA) is 49.3 Å². The van der Waals surface area contributed by atoms with Crippen molar-refractivity contribution >= 4 is 5.91 Å². The number of aliphatic hydroxyl groups is 1. The number of nitrogens with one attached hydrogen (secondary N) is 1. The molecular weight excluding hydrogens is 250 g/mol. The van der Waals surface area contributed by atoms with E-state index in [1.54, 1.807) is 0 Å². The molecule has 0 fully saturated rings. The fraction of sp³-hybridized carbons (Fsp3) is 0.235. The Balaban J connectivity index is 1.90. The van der Waals surface area contributed by atoms with Crippen LogP contribution in [-0.4, -0.2) is 11.0 Å². The third-order valence-electron chi connectivity index (χ3n) is 3.24. The molecule has 0 spiro atoms. The molecule has 3 heteroatoms. The highest BCUT2D eigenvalue weighted by Gasteiger charge is 2.15. The lowest BCUT2D eigenvalue weighted by Gasteiger charge is -2.16. The summed E-state index contributed by atoms with van der Waals surface area (Å²) in [6.07, 6.45) is -0.694. The molecule has 0 aliphatic rings. The van der Waals surface area contributed by atoms with E-state index in [2.05, 4.69) is 5.32 Å². The molecule has 2 aromatic rings. The van der Waals surface area contributed by atoms with Crippen LogP contribution in [0.1, 0.15) is 36.6 Å². The van der Waals surface area contributed by atoms with Gasteiger partial charge in [-0.1, -0.05) is 60.7 Å². The predicted octanol–water partition coefficient (Wildman–Crippen LogP) is 2.99. The molecule has 0 saturated carbocycles. The minimum Gasteiger partial charge on any atom is -0.388 e.